The van der Waals surface area contributed by atoms with Crippen molar-refractivity contribution < 1.29 is 17.7 Å². The average Bonchev–Trinajstić information content (AvgIpc) is 3.25. The minimum absolute atomic E-state index is 0.0241. The topological polar surface area (TPSA) is 101 Å². The van der Waals surface area contributed by atoms with Gasteiger partial charge in [0, 0.05) is 21.8 Å². The van der Waals surface area contributed by atoms with Crippen molar-refractivity contribution in [2.75, 3.05) is 10.0 Å². The van der Waals surface area contributed by atoms with E-state index in [0.717, 1.165) is 10.1 Å². The van der Waals surface area contributed by atoms with Gasteiger partial charge < -0.3 is 9.84 Å². The average molecular weight is 448 g/mol. The quantitative estimate of drug-likeness (QED) is 0.453. The lowest BCUT2D eigenvalue weighted by molar-refractivity contribution is 0.103. The summed E-state index contributed by atoms with van der Waals surface area (Å²) in [6, 6.07) is 14.7. The van der Waals surface area contributed by atoms with E-state index in [4.69, 9.17) is 16.1 Å². The Labute approximate surface area is 175 Å². The number of hydrogen-bond donors (Lipinski definition) is 2. The van der Waals surface area contributed by atoms with Gasteiger partial charge in [-0.15, -0.1) is 11.3 Å². The molecule has 2 aromatic carbocycles. The highest BCUT2D eigenvalue weighted by molar-refractivity contribution is 7.92. The van der Waals surface area contributed by atoms with Gasteiger partial charge in [0.25, 0.3) is 15.9 Å². The molecular formula is C19H14ClN3O4S2. The van der Waals surface area contributed by atoms with Crippen LogP contribution < -0.4 is 10.0 Å². The number of nitrogens with zero attached hydrogens (tertiary/aromatic N) is 1. The van der Waals surface area contributed by atoms with Gasteiger partial charge in [-0.3, -0.25) is 9.52 Å². The molecule has 7 nitrogen and oxygen atoms in total. The van der Waals surface area contributed by atoms with E-state index in [2.05, 4.69) is 15.2 Å². The van der Waals surface area contributed by atoms with E-state index < -0.39 is 10.0 Å². The number of carbonyl (C=O) groups excluding carboxylic acids is 1. The van der Waals surface area contributed by atoms with E-state index in [1.54, 1.807) is 6.92 Å². The molecule has 0 aliphatic rings. The number of hydrogen-bond acceptors (Lipinski definition) is 6. The molecule has 0 radical (unpaired) electrons. The normalized spacial score (nSPS) is 11.5. The standard InChI is InChI=1S/C19H14ClN3O4S2/c1-11-10-16(22-27-11)23-29(25,26)13-8-6-12(7-9-13)21-19(24)18-17(20)14-4-2-3-5-15(14)28-18/h2-10H,1H3,(H,21,24)(H,22,23). The number of aromatic nitrogens is 1. The van der Waals surface area contributed by atoms with E-state index in [-0.39, 0.29) is 16.6 Å². The van der Waals surface area contributed by atoms with Crippen LogP contribution in [0, 0.1) is 6.92 Å². The molecule has 0 saturated carbocycles. The molecule has 148 valence electrons. The van der Waals surface area contributed by atoms with Gasteiger partial charge >= 0.3 is 0 Å². The Bertz CT molecular complexity index is 1310. The Morgan fingerprint density at radius 2 is 1.86 bits per heavy atom. The first kappa shape index (κ1) is 19.4. The highest BCUT2D eigenvalue weighted by Gasteiger charge is 2.19. The third-order valence-electron chi connectivity index (χ3n) is 4.03. The van der Waals surface area contributed by atoms with E-state index in [0.29, 0.717) is 21.3 Å². The Balaban J connectivity index is 1.51. The monoisotopic (exact) mass is 447 g/mol. The number of amides is 1. The molecule has 0 atom stereocenters. The van der Waals surface area contributed by atoms with Crippen molar-refractivity contribution in [3.8, 4) is 0 Å². The molecule has 0 unspecified atom stereocenters. The predicted molar refractivity (Wildman–Crippen MR) is 113 cm³/mol. The summed E-state index contributed by atoms with van der Waals surface area (Å²) in [7, 11) is -3.83. The zero-order valence-electron chi connectivity index (χ0n) is 15.0. The lowest BCUT2D eigenvalue weighted by atomic mass is 10.2. The number of benzene rings is 2. The van der Waals surface area contributed by atoms with Gasteiger partial charge in [0.2, 0.25) is 0 Å². The van der Waals surface area contributed by atoms with Crippen LogP contribution >= 0.6 is 22.9 Å². The number of sulfonamides is 1. The molecule has 4 rings (SSSR count). The first-order valence-corrected chi connectivity index (χ1v) is 11.1. The molecular weight excluding hydrogens is 434 g/mol. The summed E-state index contributed by atoms with van der Waals surface area (Å²) in [5.74, 6) is 0.225. The number of nitrogens with one attached hydrogen (secondary N) is 2. The van der Waals surface area contributed by atoms with Crippen LogP contribution in [0.5, 0.6) is 0 Å². The molecule has 2 heterocycles. The van der Waals surface area contributed by atoms with Crippen LogP contribution in [0.2, 0.25) is 5.02 Å². The van der Waals surface area contributed by atoms with Crippen molar-refractivity contribution >= 4 is 60.5 Å². The summed E-state index contributed by atoms with van der Waals surface area (Å²) in [5, 5.41) is 7.56. The van der Waals surface area contributed by atoms with E-state index in [9.17, 15) is 13.2 Å². The van der Waals surface area contributed by atoms with Crippen LogP contribution in [0.25, 0.3) is 10.1 Å². The largest absolute Gasteiger partial charge is 0.360 e. The number of carbonyl (C=O) groups is 1. The smallest absolute Gasteiger partial charge is 0.267 e. The van der Waals surface area contributed by atoms with Crippen LogP contribution in [-0.4, -0.2) is 19.5 Å². The minimum atomic E-state index is -3.83. The fourth-order valence-corrected chi connectivity index (χ4v) is 5.07. The molecule has 0 bridgehead atoms. The van der Waals surface area contributed by atoms with Crippen molar-refractivity contribution in [1.82, 2.24) is 5.16 Å². The van der Waals surface area contributed by atoms with Crippen molar-refractivity contribution in [1.29, 1.82) is 0 Å². The van der Waals surface area contributed by atoms with Crippen LogP contribution in [0.1, 0.15) is 15.4 Å². The van der Waals surface area contributed by atoms with Gasteiger partial charge in [0.15, 0.2) is 5.82 Å². The Kier molecular flexibility index (Phi) is 5.03. The molecule has 0 aliphatic carbocycles. The predicted octanol–water partition coefficient (Wildman–Crippen LogP) is 4.90. The van der Waals surface area contributed by atoms with Crippen molar-refractivity contribution in [2.24, 2.45) is 0 Å². The summed E-state index contributed by atoms with van der Waals surface area (Å²) in [4.78, 5) is 13.0. The van der Waals surface area contributed by atoms with Gasteiger partial charge in [0.1, 0.15) is 10.6 Å². The van der Waals surface area contributed by atoms with Gasteiger partial charge in [-0.25, -0.2) is 8.42 Å². The molecule has 0 spiro atoms. The van der Waals surface area contributed by atoms with Crippen LogP contribution in [-0.2, 0) is 10.0 Å². The number of fused-ring (bicyclic) bond motifs is 1. The summed E-state index contributed by atoms with van der Waals surface area (Å²) < 4.78 is 32.9. The summed E-state index contributed by atoms with van der Waals surface area (Å²) in [5.41, 5.74) is 0.444. The third kappa shape index (κ3) is 3.98. The third-order valence-corrected chi connectivity index (χ3v) is 7.08. The van der Waals surface area contributed by atoms with Crippen LogP contribution in [0.3, 0.4) is 0 Å². The fraction of sp³-hybridized carbons (Fsp3) is 0.0526. The first-order chi connectivity index (χ1) is 13.8. The number of aryl methyl sites for hydroxylation is 1. The number of thiophene rings is 1. The second kappa shape index (κ2) is 7.51. The molecule has 0 aliphatic heterocycles. The number of halogens is 1. The molecule has 0 saturated heterocycles. The van der Waals surface area contributed by atoms with Gasteiger partial charge in [0.05, 0.1) is 9.92 Å². The molecule has 4 aromatic rings. The maximum absolute atomic E-state index is 12.6. The zero-order chi connectivity index (χ0) is 20.6. The van der Waals surface area contributed by atoms with Crippen molar-refractivity contribution in [2.45, 2.75) is 11.8 Å². The maximum atomic E-state index is 12.6. The van der Waals surface area contributed by atoms with E-state index >= 15 is 0 Å². The highest BCUT2D eigenvalue weighted by atomic mass is 35.5. The van der Waals surface area contributed by atoms with E-state index in [1.165, 1.54) is 41.7 Å². The summed E-state index contributed by atoms with van der Waals surface area (Å²) in [6.45, 7) is 1.66. The minimum Gasteiger partial charge on any atom is -0.360 e. The molecule has 2 N–H and O–H groups in total. The van der Waals surface area contributed by atoms with Gasteiger partial charge in [-0.05, 0) is 37.3 Å². The van der Waals surface area contributed by atoms with Crippen LogP contribution in [0.15, 0.2) is 64.0 Å². The van der Waals surface area contributed by atoms with Gasteiger partial charge in [-0.1, -0.05) is 35.0 Å². The highest BCUT2D eigenvalue weighted by Crippen LogP contribution is 2.35. The maximum Gasteiger partial charge on any atom is 0.267 e. The molecule has 2 aromatic heterocycles. The second-order valence-corrected chi connectivity index (χ2v) is 9.26. The summed E-state index contributed by atoms with van der Waals surface area (Å²) >= 11 is 7.63. The lowest BCUT2D eigenvalue weighted by Crippen LogP contribution is -2.14. The SMILES string of the molecule is Cc1cc(NS(=O)(=O)c2ccc(NC(=O)c3sc4ccccc4c3Cl)cc2)no1. The van der Waals surface area contributed by atoms with Crippen molar-refractivity contribution in [3.63, 3.8) is 0 Å². The Morgan fingerprint density at radius 3 is 2.52 bits per heavy atom. The number of rotatable bonds is 5. The fourth-order valence-electron chi connectivity index (χ4n) is 2.68. The number of anilines is 2. The Morgan fingerprint density at radius 1 is 1.14 bits per heavy atom. The second-order valence-electron chi connectivity index (χ2n) is 6.15. The van der Waals surface area contributed by atoms with Crippen molar-refractivity contribution in [3.05, 3.63) is 70.3 Å². The molecule has 29 heavy (non-hydrogen) atoms. The van der Waals surface area contributed by atoms with Gasteiger partial charge in [-0.2, -0.15) is 0 Å². The molecule has 0 fully saturated rings. The Hall–Kier alpha value is -2.88. The zero-order valence-corrected chi connectivity index (χ0v) is 17.4. The molecule has 10 heteroatoms. The summed E-state index contributed by atoms with van der Waals surface area (Å²) in [6.07, 6.45) is 0. The first-order valence-electron chi connectivity index (χ1n) is 8.38. The van der Waals surface area contributed by atoms with Crippen LogP contribution in [0.4, 0.5) is 11.5 Å². The molecule has 1 amide bonds. The van der Waals surface area contributed by atoms with E-state index in [1.807, 2.05) is 24.3 Å². The lowest BCUT2D eigenvalue weighted by Gasteiger charge is -2.07.